The van der Waals surface area contributed by atoms with Crippen LogP contribution in [0.25, 0.3) is 0 Å². The Morgan fingerprint density at radius 3 is 2.48 bits per heavy atom. The van der Waals surface area contributed by atoms with Crippen LogP contribution in [0.1, 0.15) is 50.7 Å². The fourth-order valence-corrected chi connectivity index (χ4v) is 3.01. The summed E-state index contributed by atoms with van der Waals surface area (Å²) in [5.41, 5.74) is 7.15. The first-order chi connectivity index (χ1) is 14.2. The highest BCUT2D eigenvalue weighted by Crippen LogP contribution is 2.36. The number of aliphatic imine (C=N–C) groups is 1. The van der Waals surface area contributed by atoms with E-state index in [4.69, 9.17) is 15.9 Å². The lowest BCUT2D eigenvalue weighted by molar-refractivity contribution is 0.262. The van der Waals surface area contributed by atoms with Gasteiger partial charge in [-0.05, 0) is 37.1 Å². The van der Waals surface area contributed by atoms with Crippen molar-refractivity contribution in [1.82, 2.24) is 0 Å². The molecule has 1 N–H and O–H groups in total. The lowest BCUT2D eigenvalue weighted by Crippen LogP contribution is -2.33. The van der Waals surface area contributed by atoms with Gasteiger partial charge >= 0.3 is 0 Å². The van der Waals surface area contributed by atoms with Gasteiger partial charge in [0.05, 0.1) is 24.6 Å². The van der Waals surface area contributed by atoms with E-state index in [-0.39, 0.29) is 0 Å². The van der Waals surface area contributed by atoms with Crippen LogP contribution < -0.4 is 19.9 Å². The van der Waals surface area contributed by atoms with Crippen LogP contribution in [0.5, 0.6) is 11.5 Å². The van der Waals surface area contributed by atoms with Gasteiger partial charge in [0.25, 0.3) is 0 Å². The predicted octanol–water partition coefficient (Wildman–Crippen LogP) is 5.25. The van der Waals surface area contributed by atoms with Crippen molar-refractivity contribution in [3.05, 3.63) is 47.5 Å². The summed E-state index contributed by atoms with van der Waals surface area (Å²) >= 11 is 0. The van der Waals surface area contributed by atoms with Gasteiger partial charge in [-0.25, -0.2) is 0 Å². The van der Waals surface area contributed by atoms with Crippen LogP contribution in [-0.2, 0) is 0 Å². The Morgan fingerprint density at radius 1 is 1.07 bits per heavy atom. The highest BCUT2D eigenvalue weighted by atomic mass is 16.5. The molecule has 0 saturated carbocycles. The number of nitrogens with one attached hydrogen (secondary N) is 1. The minimum atomic E-state index is 0.498. The van der Waals surface area contributed by atoms with Crippen LogP contribution in [0.4, 0.5) is 11.4 Å². The summed E-state index contributed by atoms with van der Waals surface area (Å²) in [6.45, 7) is 6.15. The number of benzene rings is 2. The molecule has 1 aliphatic heterocycles. The molecule has 0 bridgehead atoms. The van der Waals surface area contributed by atoms with Gasteiger partial charge in [0.2, 0.25) is 0 Å². The summed E-state index contributed by atoms with van der Waals surface area (Å²) in [7, 11) is 0. The first kappa shape index (κ1) is 20.6. The number of rotatable bonds is 10. The molecule has 0 radical (unpaired) electrons. The molecule has 5 nitrogen and oxygen atoms in total. The zero-order chi connectivity index (χ0) is 20.5. The number of hydrazine groups is 1. The second-order valence-electron chi connectivity index (χ2n) is 6.98. The Morgan fingerprint density at radius 2 is 1.79 bits per heavy atom. The van der Waals surface area contributed by atoms with Crippen molar-refractivity contribution in [1.29, 1.82) is 0 Å². The van der Waals surface area contributed by atoms with E-state index in [2.05, 4.69) is 30.2 Å². The molecule has 1 aliphatic rings. The van der Waals surface area contributed by atoms with Crippen LogP contribution in [0, 0.1) is 12.3 Å². The molecular weight excluding hydrogens is 362 g/mol. The summed E-state index contributed by atoms with van der Waals surface area (Å²) < 4.78 is 12.1. The Hall–Kier alpha value is -3.13. The van der Waals surface area contributed by atoms with Crippen LogP contribution in [0.3, 0.4) is 0 Å². The van der Waals surface area contributed by atoms with Gasteiger partial charge in [-0.15, -0.1) is 6.42 Å². The standard InChI is InChI=1S/C24H29N3O2/c1-4-7-12-28-23-15-20-17-25-18-27(22(20)16-24(23)29-13-8-5-2)26-21-11-9-10-19(6-3)14-21/h3,9-11,14-17,26H,4-5,7-8,12-13,18H2,1-2H3. The smallest absolute Gasteiger partial charge is 0.163 e. The second-order valence-corrected chi connectivity index (χ2v) is 6.98. The van der Waals surface area contributed by atoms with Crippen molar-refractivity contribution in [3.8, 4) is 23.8 Å². The maximum Gasteiger partial charge on any atom is 0.163 e. The number of nitrogens with zero attached hydrogens (tertiary/aromatic N) is 2. The molecule has 0 fully saturated rings. The molecule has 0 aliphatic carbocycles. The Balaban J connectivity index is 1.86. The molecule has 0 saturated heterocycles. The second kappa shape index (κ2) is 10.4. The number of anilines is 2. The summed E-state index contributed by atoms with van der Waals surface area (Å²) in [5, 5.41) is 1.99. The maximum absolute atomic E-state index is 6.06. The van der Waals surface area contributed by atoms with E-state index in [1.807, 2.05) is 47.6 Å². The van der Waals surface area contributed by atoms with E-state index < -0.39 is 0 Å². The molecule has 3 rings (SSSR count). The lowest BCUT2D eigenvalue weighted by atomic mass is 10.1. The summed E-state index contributed by atoms with van der Waals surface area (Å²) in [5.74, 6) is 4.21. The number of fused-ring (bicyclic) bond motifs is 1. The predicted molar refractivity (Wildman–Crippen MR) is 120 cm³/mol. The van der Waals surface area contributed by atoms with E-state index in [0.717, 1.165) is 59.7 Å². The van der Waals surface area contributed by atoms with Crippen LogP contribution >= 0.6 is 0 Å². The number of ether oxygens (including phenoxy) is 2. The minimum Gasteiger partial charge on any atom is -0.490 e. The molecule has 0 atom stereocenters. The van der Waals surface area contributed by atoms with Crippen LogP contribution in [-0.4, -0.2) is 26.1 Å². The Bertz CT molecular complexity index is 886. The number of hydrogen-bond donors (Lipinski definition) is 1. The molecular formula is C24H29N3O2. The Labute approximate surface area is 173 Å². The molecule has 29 heavy (non-hydrogen) atoms. The van der Waals surface area contributed by atoms with Gasteiger partial charge in [0.1, 0.15) is 6.67 Å². The van der Waals surface area contributed by atoms with E-state index in [1.54, 1.807) is 0 Å². The molecule has 5 heteroatoms. The molecule has 0 amide bonds. The van der Waals surface area contributed by atoms with E-state index in [0.29, 0.717) is 19.9 Å². The average Bonchev–Trinajstić information content (AvgIpc) is 2.75. The van der Waals surface area contributed by atoms with Gasteiger partial charge in [0.15, 0.2) is 11.5 Å². The molecule has 0 aromatic heterocycles. The lowest BCUT2D eigenvalue weighted by Gasteiger charge is -2.29. The number of terminal acetylenes is 1. The zero-order valence-electron chi connectivity index (χ0n) is 17.3. The van der Waals surface area contributed by atoms with Crippen LogP contribution in [0.2, 0.25) is 0 Å². The van der Waals surface area contributed by atoms with Gasteiger partial charge < -0.3 is 9.47 Å². The van der Waals surface area contributed by atoms with Gasteiger partial charge in [0, 0.05) is 23.4 Å². The third-order valence-electron chi connectivity index (χ3n) is 4.64. The third-order valence-corrected chi connectivity index (χ3v) is 4.64. The first-order valence-corrected chi connectivity index (χ1v) is 10.3. The summed E-state index contributed by atoms with van der Waals surface area (Å²) in [6.07, 6.45) is 11.6. The van der Waals surface area contributed by atoms with Gasteiger partial charge in [-0.1, -0.05) is 38.7 Å². The molecule has 0 spiro atoms. The molecule has 2 aromatic rings. The average molecular weight is 392 g/mol. The molecule has 1 heterocycles. The van der Waals surface area contributed by atoms with Crippen molar-refractivity contribution in [2.75, 3.05) is 30.3 Å². The molecule has 2 aromatic carbocycles. The summed E-state index contributed by atoms with van der Waals surface area (Å²) in [4.78, 5) is 4.48. The fourth-order valence-electron chi connectivity index (χ4n) is 3.01. The fraction of sp³-hybridized carbons (Fsp3) is 0.375. The van der Waals surface area contributed by atoms with Crippen molar-refractivity contribution in [3.63, 3.8) is 0 Å². The largest absolute Gasteiger partial charge is 0.490 e. The van der Waals surface area contributed by atoms with Gasteiger partial charge in [-0.3, -0.25) is 15.4 Å². The highest BCUT2D eigenvalue weighted by Gasteiger charge is 2.19. The third kappa shape index (κ3) is 5.45. The van der Waals surface area contributed by atoms with Crippen molar-refractivity contribution in [2.24, 2.45) is 4.99 Å². The van der Waals surface area contributed by atoms with Crippen molar-refractivity contribution in [2.45, 2.75) is 39.5 Å². The maximum atomic E-state index is 6.06. The monoisotopic (exact) mass is 391 g/mol. The highest BCUT2D eigenvalue weighted by molar-refractivity contribution is 5.92. The van der Waals surface area contributed by atoms with E-state index in [9.17, 15) is 0 Å². The molecule has 0 unspecified atom stereocenters. The Kier molecular flexibility index (Phi) is 7.40. The van der Waals surface area contributed by atoms with E-state index >= 15 is 0 Å². The SMILES string of the molecule is C#Cc1cccc(NN2CN=Cc3cc(OCCCC)c(OCCCC)cc32)c1. The van der Waals surface area contributed by atoms with Gasteiger partial charge in [-0.2, -0.15) is 0 Å². The number of hydrogen-bond acceptors (Lipinski definition) is 5. The summed E-state index contributed by atoms with van der Waals surface area (Å²) in [6, 6.07) is 11.8. The minimum absolute atomic E-state index is 0.498. The van der Waals surface area contributed by atoms with Crippen molar-refractivity contribution < 1.29 is 9.47 Å². The topological polar surface area (TPSA) is 46.1 Å². The molecule has 152 valence electrons. The number of unbranched alkanes of at least 4 members (excludes halogenated alkanes) is 2. The van der Waals surface area contributed by atoms with E-state index in [1.165, 1.54) is 0 Å². The van der Waals surface area contributed by atoms with Crippen LogP contribution in [0.15, 0.2) is 41.4 Å². The quantitative estimate of drug-likeness (QED) is 0.444. The zero-order valence-corrected chi connectivity index (χ0v) is 17.3. The van der Waals surface area contributed by atoms with Crippen molar-refractivity contribution >= 4 is 17.6 Å². The normalized spacial score (nSPS) is 12.2. The first-order valence-electron chi connectivity index (χ1n) is 10.3.